The van der Waals surface area contributed by atoms with E-state index in [0.29, 0.717) is 0 Å². The molecule has 0 heterocycles. The third kappa shape index (κ3) is 14.2. The number of hydrogen-bond donors (Lipinski definition) is 0. The van der Waals surface area contributed by atoms with Crippen LogP contribution in [0.25, 0.3) is 0 Å². The highest BCUT2D eigenvalue weighted by atomic mass is 14.1. The highest BCUT2D eigenvalue weighted by Gasteiger charge is 2.05. The molecule has 0 aliphatic heterocycles. The molecule has 0 aliphatic carbocycles. The lowest BCUT2D eigenvalue weighted by Crippen LogP contribution is -1.98. The second-order valence-corrected chi connectivity index (χ2v) is 6.38. The number of allylic oxidation sites excluding steroid dienone is 2. The molecular formula is C20H40. The summed E-state index contributed by atoms with van der Waals surface area (Å²) in [7, 11) is 0. The molecule has 0 N–H and O–H groups in total. The average molecular weight is 281 g/mol. The number of unbranched alkanes of at least 4 members (excludes halogenated alkanes) is 8. The van der Waals surface area contributed by atoms with Crippen molar-refractivity contribution in [3.8, 4) is 0 Å². The molecule has 0 radical (unpaired) electrons. The van der Waals surface area contributed by atoms with Gasteiger partial charge in [0.05, 0.1) is 0 Å². The van der Waals surface area contributed by atoms with E-state index in [4.69, 9.17) is 0 Å². The summed E-state index contributed by atoms with van der Waals surface area (Å²) in [6.07, 6.45) is 24.4. The summed E-state index contributed by atoms with van der Waals surface area (Å²) >= 11 is 0. The van der Waals surface area contributed by atoms with Crippen molar-refractivity contribution in [2.24, 2.45) is 5.92 Å². The largest absolute Gasteiger partial charge is 0.0885 e. The van der Waals surface area contributed by atoms with Gasteiger partial charge in [0.15, 0.2) is 0 Å². The predicted octanol–water partition coefficient (Wildman–Crippen LogP) is 7.68. The molecule has 0 amide bonds. The molecular weight excluding hydrogens is 240 g/mol. The first kappa shape index (κ1) is 19.7. The van der Waals surface area contributed by atoms with Gasteiger partial charge in [-0.2, -0.15) is 0 Å². The lowest BCUT2D eigenvalue weighted by Gasteiger charge is -2.13. The van der Waals surface area contributed by atoms with Crippen molar-refractivity contribution in [1.82, 2.24) is 0 Å². The third-order valence-electron chi connectivity index (χ3n) is 4.42. The Kier molecular flexibility index (Phi) is 16.6. The standard InChI is InChI=1S/C20H40/c1-4-7-9-11-13-15-17-19-20(6-3)18-16-14-12-10-8-5-2/h11,13,20H,4-10,12,14-19H2,1-3H3. The zero-order chi connectivity index (χ0) is 14.9. The lowest BCUT2D eigenvalue weighted by molar-refractivity contribution is 0.403. The first-order valence-corrected chi connectivity index (χ1v) is 9.50. The van der Waals surface area contributed by atoms with E-state index >= 15 is 0 Å². The Morgan fingerprint density at radius 3 is 1.80 bits per heavy atom. The van der Waals surface area contributed by atoms with Crippen molar-refractivity contribution < 1.29 is 0 Å². The summed E-state index contributed by atoms with van der Waals surface area (Å²) in [6, 6.07) is 0. The molecule has 0 spiro atoms. The Balaban J connectivity index is 3.40. The maximum atomic E-state index is 2.41. The van der Waals surface area contributed by atoms with Gasteiger partial charge < -0.3 is 0 Å². The zero-order valence-corrected chi connectivity index (χ0v) is 14.6. The minimum absolute atomic E-state index is 0.991. The molecule has 0 bridgehead atoms. The van der Waals surface area contributed by atoms with Gasteiger partial charge in [-0.1, -0.05) is 104 Å². The maximum absolute atomic E-state index is 2.41. The summed E-state index contributed by atoms with van der Waals surface area (Å²) in [4.78, 5) is 0. The first-order valence-electron chi connectivity index (χ1n) is 9.50. The minimum Gasteiger partial charge on any atom is -0.0885 e. The van der Waals surface area contributed by atoms with Crippen LogP contribution in [0, 0.1) is 5.92 Å². The van der Waals surface area contributed by atoms with Crippen molar-refractivity contribution >= 4 is 0 Å². The van der Waals surface area contributed by atoms with Gasteiger partial charge in [0.2, 0.25) is 0 Å². The predicted molar refractivity (Wildman–Crippen MR) is 94.3 cm³/mol. The summed E-state index contributed by atoms with van der Waals surface area (Å²) in [5.74, 6) is 0.991. The van der Waals surface area contributed by atoms with Crippen molar-refractivity contribution in [1.29, 1.82) is 0 Å². The molecule has 0 heteroatoms. The topological polar surface area (TPSA) is 0 Å². The van der Waals surface area contributed by atoms with E-state index in [1.54, 1.807) is 0 Å². The van der Waals surface area contributed by atoms with E-state index in [1.807, 2.05) is 0 Å². The van der Waals surface area contributed by atoms with Crippen LogP contribution in [0.5, 0.6) is 0 Å². The van der Waals surface area contributed by atoms with Crippen LogP contribution in [0.1, 0.15) is 111 Å². The zero-order valence-electron chi connectivity index (χ0n) is 14.6. The monoisotopic (exact) mass is 280 g/mol. The normalized spacial score (nSPS) is 13.2. The smallest absolute Gasteiger partial charge is 0.0351 e. The van der Waals surface area contributed by atoms with Crippen LogP contribution in [0.3, 0.4) is 0 Å². The number of hydrogen-bond acceptors (Lipinski definition) is 0. The van der Waals surface area contributed by atoms with Crippen LogP contribution < -0.4 is 0 Å². The highest BCUT2D eigenvalue weighted by molar-refractivity contribution is 4.81. The Bertz CT molecular complexity index is 192. The van der Waals surface area contributed by atoms with Gasteiger partial charge in [-0.25, -0.2) is 0 Å². The van der Waals surface area contributed by atoms with Crippen LogP contribution >= 0.6 is 0 Å². The molecule has 0 rings (SSSR count). The third-order valence-corrected chi connectivity index (χ3v) is 4.42. The van der Waals surface area contributed by atoms with E-state index in [1.165, 1.54) is 89.9 Å². The van der Waals surface area contributed by atoms with E-state index in [9.17, 15) is 0 Å². The van der Waals surface area contributed by atoms with Gasteiger partial charge in [-0.3, -0.25) is 0 Å². The van der Waals surface area contributed by atoms with E-state index < -0.39 is 0 Å². The molecule has 0 saturated heterocycles. The molecule has 1 unspecified atom stereocenters. The summed E-state index contributed by atoms with van der Waals surface area (Å²) < 4.78 is 0. The lowest BCUT2D eigenvalue weighted by atomic mass is 9.93. The molecule has 0 aromatic carbocycles. The molecule has 0 saturated carbocycles. The fourth-order valence-electron chi connectivity index (χ4n) is 2.85. The van der Waals surface area contributed by atoms with E-state index in [-0.39, 0.29) is 0 Å². The van der Waals surface area contributed by atoms with E-state index in [0.717, 1.165) is 5.92 Å². The van der Waals surface area contributed by atoms with Crippen LogP contribution in [0.15, 0.2) is 12.2 Å². The van der Waals surface area contributed by atoms with Crippen LogP contribution in [0.2, 0.25) is 0 Å². The Morgan fingerprint density at radius 2 is 1.15 bits per heavy atom. The van der Waals surface area contributed by atoms with Crippen LogP contribution in [-0.2, 0) is 0 Å². The SMILES string of the molecule is CCCCC=CCCCC(CC)CCCCCCCC. The second-order valence-electron chi connectivity index (χ2n) is 6.38. The van der Waals surface area contributed by atoms with Gasteiger partial charge in [-0.15, -0.1) is 0 Å². The summed E-state index contributed by atoms with van der Waals surface area (Å²) in [5.41, 5.74) is 0. The van der Waals surface area contributed by atoms with Gasteiger partial charge >= 0.3 is 0 Å². The van der Waals surface area contributed by atoms with Crippen molar-refractivity contribution in [2.45, 2.75) is 111 Å². The van der Waals surface area contributed by atoms with Gasteiger partial charge in [0, 0.05) is 0 Å². The molecule has 0 nitrogen and oxygen atoms in total. The van der Waals surface area contributed by atoms with Crippen molar-refractivity contribution in [2.75, 3.05) is 0 Å². The summed E-state index contributed by atoms with van der Waals surface area (Å²) in [6.45, 7) is 6.94. The highest BCUT2D eigenvalue weighted by Crippen LogP contribution is 2.20. The molecule has 0 aromatic heterocycles. The Hall–Kier alpha value is -0.260. The van der Waals surface area contributed by atoms with Crippen molar-refractivity contribution in [3.63, 3.8) is 0 Å². The van der Waals surface area contributed by atoms with Gasteiger partial charge in [-0.05, 0) is 25.2 Å². The molecule has 20 heavy (non-hydrogen) atoms. The van der Waals surface area contributed by atoms with Crippen molar-refractivity contribution in [3.05, 3.63) is 12.2 Å². The molecule has 0 aliphatic rings. The second kappa shape index (κ2) is 16.8. The van der Waals surface area contributed by atoms with Gasteiger partial charge in [0.1, 0.15) is 0 Å². The Labute approximate surface area is 129 Å². The first-order chi connectivity index (χ1) is 9.85. The average Bonchev–Trinajstić information content (AvgIpc) is 2.47. The molecule has 0 aromatic rings. The fourth-order valence-corrected chi connectivity index (χ4v) is 2.85. The molecule has 120 valence electrons. The summed E-state index contributed by atoms with van der Waals surface area (Å²) in [5, 5.41) is 0. The van der Waals surface area contributed by atoms with Crippen LogP contribution in [-0.4, -0.2) is 0 Å². The maximum Gasteiger partial charge on any atom is -0.0351 e. The molecule has 0 fully saturated rings. The molecule has 1 atom stereocenters. The Morgan fingerprint density at radius 1 is 0.600 bits per heavy atom. The van der Waals surface area contributed by atoms with E-state index in [2.05, 4.69) is 32.9 Å². The van der Waals surface area contributed by atoms with Crippen LogP contribution in [0.4, 0.5) is 0 Å². The fraction of sp³-hybridized carbons (Fsp3) is 0.900. The quantitative estimate of drug-likeness (QED) is 0.213. The van der Waals surface area contributed by atoms with Gasteiger partial charge in [0.25, 0.3) is 0 Å². The number of rotatable bonds is 15. The minimum atomic E-state index is 0.991.